The van der Waals surface area contributed by atoms with Crippen LogP contribution in [0, 0.1) is 0 Å². The van der Waals surface area contributed by atoms with Gasteiger partial charge in [0.25, 0.3) is 0 Å². The molecule has 2 aliphatic rings. The smallest absolute Gasteiger partial charge is 0.450 e. The molecule has 0 saturated carbocycles. The van der Waals surface area contributed by atoms with Gasteiger partial charge in [-0.15, -0.1) is 0 Å². The van der Waals surface area contributed by atoms with Crippen LogP contribution in [0.25, 0.3) is 0 Å². The largest absolute Gasteiger partial charge is 0.503 e. The van der Waals surface area contributed by atoms with Gasteiger partial charge in [-0.3, -0.25) is 9.80 Å². The standard InChI is InChI=1S/C12H26N4.2CH2O3/c1-11-13-5-3-7-15(11)9-10-16-8-4-6-14-12(16)2;2*2-1(3)4/h11-14H,3-10H2,1-2H3;2*(H2,2,3,4). The molecular weight excluding hydrogens is 320 g/mol. The van der Waals surface area contributed by atoms with Gasteiger partial charge in [0, 0.05) is 26.2 Å². The van der Waals surface area contributed by atoms with Crippen LogP contribution in [-0.2, 0) is 0 Å². The van der Waals surface area contributed by atoms with Gasteiger partial charge >= 0.3 is 12.3 Å². The molecule has 0 aromatic heterocycles. The van der Waals surface area contributed by atoms with Crippen LogP contribution < -0.4 is 10.6 Å². The molecule has 0 spiro atoms. The minimum absolute atomic E-state index is 0.557. The van der Waals surface area contributed by atoms with Crippen LogP contribution in [0.3, 0.4) is 0 Å². The fourth-order valence-electron chi connectivity index (χ4n) is 2.70. The van der Waals surface area contributed by atoms with E-state index < -0.39 is 12.3 Å². The van der Waals surface area contributed by atoms with Crippen molar-refractivity contribution in [3.05, 3.63) is 0 Å². The van der Waals surface area contributed by atoms with Crippen LogP contribution in [0.5, 0.6) is 0 Å². The Morgan fingerprint density at radius 1 is 0.833 bits per heavy atom. The van der Waals surface area contributed by atoms with Gasteiger partial charge in [0.2, 0.25) is 0 Å². The van der Waals surface area contributed by atoms with Crippen molar-refractivity contribution >= 4 is 12.3 Å². The van der Waals surface area contributed by atoms with E-state index in [1.54, 1.807) is 0 Å². The molecule has 0 aromatic carbocycles. The third-order valence-corrected chi connectivity index (χ3v) is 3.89. The number of carbonyl (C=O) groups is 2. The Morgan fingerprint density at radius 3 is 1.38 bits per heavy atom. The second-order valence-electron chi connectivity index (χ2n) is 5.60. The minimum Gasteiger partial charge on any atom is -0.450 e. The lowest BCUT2D eigenvalue weighted by molar-refractivity contribution is 0.0893. The molecule has 2 heterocycles. The number of nitrogens with one attached hydrogen (secondary N) is 2. The van der Waals surface area contributed by atoms with Crippen LogP contribution in [0.1, 0.15) is 26.7 Å². The first-order valence-electron chi connectivity index (χ1n) is 8.02. The first kappa shape index (κ1) is 22.4. The van der Waals surface area contributed by atoms with E-state index in [0.717, 1.165) is 0 Å². The Kier molecular flexibility index (Phi) is 11.9. The Bertz CT molecular complexity index is 329. The van der Waals surface area contributed by atoms with E-state index in [1.807, 2.05) is 0 Å². The molecular formula is C14H30N4O6. The van der Waals surface area contributed by atoms with Gasteiger partial charge in [0.15, 0.2) is 0 Å². The molecule has 0 amide bonds. The quantitative estimate of drug-likeness (QED) is 0.430. The van der Waals surface area contributed by atoms with Crippen LogP contribution in [0.15, 0.2) is 0 Å². The Labute approximate surface area is 142 Å². The summed E-state index contributed by atoms with van der Waals surface area (Å²) in [5.74, 6) is 0. The van der Waals surface area contributed by atoms with Crippen molar-refractivity contribution < 1.29 is 30.0 Å². The van der Waals surface area contributed by atoms with E-state index in [0.29, 0.717) is 12.3 Å². The highest BCUT2D eigenvalue weighted by Crippen LogP contribution is 2.07. The van der Waals surface area contributed by atoms with Crippen molar-refractivity contribution in [1.29, 1.82) is 0 Å². The van der Waals surface area contributed by atoms with E-state index >= 15 is 0 Å². The van der Waals surface area contributed by atoms with Crippen LogP contribution in [0.4, 0.5) is 9.59 Å². The van der Waals surface area contributed by atoms with E-state index in [4.69, 9.17) is 30.0 Å². The fourth-order valence-corrected chi connectivity index (χ4v) is 2.70. The molecule has 10 nitrogen and oxygen atoms in total. The molecule has 0 aromatic rings. The lowest BCUT2D eigenvalue weighted by Gasteiger charge is -2.39. The normalized spacial score (nSPS) is 24.8. The fraction of sp³-hybridized carbons (Fsp3) is 0.857. The molecule has 2 aliphatic heterocycles. The zero-order valence-corrected chi connectivity index (χ0v) is 14.3. The molecule has 10 heteroatoms. The lowest BCUT2D eigenvalue weighted by atomic mass is 10.2. The van der Waals surface area contributed by atoms with Crippen molar-refractivity contribution in [2.45, 2.75) is 39.0 Å². The molecule has 6 N–H and O–H groups in total. The highest BCUT2D eigenvalue weighted by molar-refractivity contribution is 5.53. The SMILES string of the molecule is CC1NCCCN1CCN1CCCNC1C.O=C(O)O.O=C(O)O. The summed E-state index contributed by atoms with van der Waals surface area (Å²) in [4.78, 5) is 22.2. The van der Waals surface area contributed by atoms with Crippen molar-refractivity contribution in [2.75, 3.05) is 39.3 Å². The van der Waals surface area contributed by atoms with Crippen molar-refractivity contribution in [3.63, 3.8) is 0 Å². The van der Waals surface area contributed by atoms with E-state index in [2.05, 4.69) is 34.3 Å². The zero-order valence-electron chi connectivity index (χ0n) is 14.3. The summed E-state index contributed by atoms with van der Waals surface area (Å²) in [6.45, 7) is 11.8. The molecule has 0 radical (unpaired) electrons. The molecule has 2 unspecified atom stereocenters. The summed E-state index contributed by atoms with van der Waals surface area (Å²) in [5.41, 5.74) is 0. The first-order chi connectivity index (χ1) is 11.2. The van der Waals surface area contributed by atoms with Gasteiger partial charge in [0.05, 0.1) is 12.3 Å². The predicted octanol–water partition coefficient (Wildman–Crippen LogP) is 0.714. The summed E-state index contributed by atoms with van der Waals surface area (Å²) in [6, 6.07) is 0. The van der Waals surface area contributed by atoms with Crippen LogP contribution >= 0.6 is 0 Å². The second kappa shape index (κ2) is 12.8. The Morgan fingerprint density at radius 2 is 1.12 bits per heavy atom. The third-order valence-electron chi connectivity index (χ3n) is 3.89. The number of rotatable bonds is 3. The number of hydrogen-bond donors (Lipinski definition) is 6. The van der Waals surface area contributed by atoms with E-state index in [-0.39, 0.29) is 0 Å². The van der Waals surface area contributed by atoms with Crippen molar-refractivity contribution in [2.24, 2.45) is 0 Å². The monoisotopic (exact) mass is 350 g/mol. The summed E-state index contributed by atoms with van der Waals surface area (Å²) in [5, 5.41) is 34.9. The van der Waals surface area contributed by atoms with Crippen LogP contribution in [-0.4, -0.2) is 94.1 Å². The Balaban J connectivity index is 0.000000558. The van der Waals surface area contributed by atoms with E-state index in [9.17, 15) is 0 Å². The van der Waals surface area contributed by atoms with Crippen molar-refractivity contribution in [3.8, 4) is 0 Å². The highest BCUT2D eigenvalue weighted by atomic mass is 16.6. The summed E-state index contributed by atoms with van der Waals surface area (Å²) in [6.07, 6.45) is 0.0274. The Hall–Kier alpha value is -1.62. The average Bonchev–Trinajstić information content (AvgIpc) is 2.47. The third kappa shape index (κ3) is 11.9. The van der Waals surface area contributed by atoms with Crippen LogP contribution in [0.2, 0.25) is 0 Å². The number of carboxylic acid groups (broad SMARTS) is 4. The van der Waals surface area contributed by atoms with Gasteiger partial charge in [0.1, 0.15) is 0 Å². The lowest BCUT2D eigenvalue weighted by Crippen LogP contribution is -2.55. The highest BCUT2D eigenvalue weighted by Gasteiger charge is 2.21. The summed E-state index contributed by atoms with van der Waals surface area (Å²) >= 11 is 0. The molecule has 0 bridgehead atoms. The molecule has 24 heavy (non-hydrogen) atoms. The maximum Gasteiger partial charge on any atom is 0.503 e. The summed E-state index contributed by atoms with van der Waals surface area (Å²) < 4.78 is 0. The van der Waals surface area contributed by atoms with Crippen molar-refractivity contribution in [1.82, 2.24) is 20.4 Å². The maximum absolute atomic E-state index is 8.56. The maximum atomic E-state index is 8.56. The molecule has 0 aliphatic carbocycles. The van der Waals surface area contributed by atoms with Gasteiger partial charge < -0.3 is 31.1 Å². The van der Waals surface area contributed by atoms with Gasteiger partial charge in [-0.2, -0.15) is 0 Å². The molecule has 2 fully saturated rings. The topological polar surface area (TPSA) is 146 Å². The van der Waals surface area contributed by atoms with Gasteiger partial charge in [-0.1, -0.05) is 0 Å². The predicted molar refractivity (Wildman–Crippen MR) is 88.6 cm³/mol. The molecule has 2 saturated heterocycles. The number of hydrogen-bond acceptors (Lipinski definition) is 6. The summed E-state index contributed by atoms with van der Waals surface area (Å²) in [7, 11) is 0. The molecule has 142 valence electrons. The number of nitrogens with zero attached hydrogens (tertiary/aromatic N) is 2. The molecule has 2 atom stereocenters. The molecule has 2 rings (SSSR count). The second-order valence-corrected chi connectivity index (χ2v) is 5.60. The van der Waals surface area contributed by atoms with Gasteiger partial charge in [-0.05, 0) is 39.8 Å². The first-order valence-corrected chi connectivity index (χ1v) is 8.02. The van der Waals surface area contributed by atoms with Gasteiger partial charge in [-0.25, -0.2) is 9.59 Å². The zero-order chi connectivity index (χ0) is 18.5. The minimum atomic E-state index is -1.83. The van der Waals surface area contributed by atoms with E-state index in [1.165, 1.54) is 52.1 Å². The average molecular weight is 350 g/mol.